The molecule has 0 aromatic heterocycles. The highest BCUT2D eigenvalue weighted by Gasteiger charge is 2.49. The van der Waals surface area contributed by atoms with E-state index in [1.807, 2.05) is 41.3 Å². The standard InChI is InChI=1S/C20H19BrN2O2/c21-17-7-3-4-8-18(17)22-19(24)15-11-16(15)20(25)23-10-9-13-5-1-2-6-14(13)12-23/h1-8,15-16H,9-12H2,(H,22,24). The monoisotopic (exact) mass is 398 g/mol. The van der Waals surface area contributed by atoms with E-state index in [9.17, 15) is 9.59 Å². The average molecular weight is 399 g/mol. The van der Waals surface area contributed by atoms with Gasteiger partial charge in [-0.2, -0.15) is 0 Å². The van der Waals surface area contributed by atoms with Crippen LogP contribution in [0.5, 0.6) is 0 Å². The van der Waals surface area contributed by atoms with E-state index in [0.717, 1.165) is 23.1 Å². The van der Waals surface area contributed by atoms with Crippen LogP contribution in [0.1, 0.15) is 17.5 Å². The van der Waals surface area contributed by atoms with Crippen LogP contribution in [0.2, 0.25) is 0 Å². The number of benzene rings is 2. The molecule has 1 heterocycles. The van der Waals surface area contributed by atoms with Crippen LogP contribution in [0, 0.1) is 11.8 Å². The first kappa shape index (κ1) is 16.3. The number of hydrogen-bond donors (Lipinski definition) is 1. The quantitative estimate of drug-likeness (QED) is 0.858. The van der Waals surface area contributed by atoms with E-state index in [-0.39, 0.29) is 23.7 Å². The van der Waals surface area contributed by atoms with E-state index in [1.165, 1.54) is 11.1 Å². The highest BCUT2D eigenvalue weighted by molar-refractivity contribution is 9.10. The normalized spacial score (nSPS) is 21.4. The predicted molar refractivity (Wildman–Crippen MR) is 99.9 cm³/mol. The fourth-order valence-corrected chi connectivity index (χ4v) is 3.85. The van der Waals surface area contributed by atoms with Crippen molar-refractivity contribution in [2.24, 2.45) is 11.8 Å². The van der Waals surface area contributed by atoms with Gasteiger partial charge in [0.2, 0.25) is 11.8 Å². The van der Waals surface area contributed by atoms with Gasteiger partial charge in [-0.25, -0.2) is 0 Å². The van der Waals surface area contributed by atoms with Crippen molar-refractivity contribution in [3.8, 4) is 0 Å². The molecule has 2 unspecified atom stereocenters. The molecule has 1 aliphatic carbocycles. The van der Waals surface area contributed by atoms with Crippen molar-refractivity contribution in [1.29, 1.82) is 0 Å². The van der Waals surface area contributed by atoms with Gasteiger partial charge in [0, 0.05) is 17.6 Å². The van der Waals surface area contributed by atoms with Gasteiger partial charge < -0.3 is 10.2 Å². The fourth-order valence-electron chi connectivity index (χ4n) is 3.46. The molecule has 0 spiro atoms. The number of anilines is 1. The molecule has 0 radical (unpaired) electrons. The van der Waals surface area contributed by atoms with Gasteiger partial charge in [-0.1, -0.05) is 36.4 Å². The zero-order valence-electron chi connectivity index (χ0n) is 13.7. The van der Waals surface area contributed by atoms with Gasteiger partial charge in [-0.15, -0.1) is 0 Å². The van der Waals surface area contributed by atoms with Gasteiger partial charge in [0.1, 0.15) is 0 Å². The molecule has 4 rings (SSSR count). The van der Waals surface area contributed by atoms with Crippen LogP contribution in [-0.4, -0.2) is 23.3 Å². The van der Waals surface area contributed by atoms with Crippen LogP contribution in [0.3, 0.4) is 0 Å². The molecule has 2 atom stereocenters. The van der Waals surface area contributed by atoms with E-state index in [2.05, 4.69) is 33.4 Å². The Morgan fingerprint density at radius 2 is 1.72 bits per heavy atom. The van der Waals surface area contributed by atoms with Gasteiger partial charge in [0.15, 0.2) is 0 Å². The molecule has 4 nitrogen and oxygen atoms in total. The number of para-hydroxylation sites is 1. The zero-order valence-corrected chi connectivity index (χ0v) is 15.3. The van der Waals surface area contributed by atoms with E-state index >= 15 is 0 Å². The van der Waals surface area contributed by atoms with Gasteiger partial charge in [-0.3, -0.25) is 9.59 Å². The van der Waals surface area contributed by atoms with E-state index in [4.69, 9.17) is 0 Å². The molecule has 2 aliphatic rings. The third kappa shape index (κ3) is 3.33. The van der Waals surface area contributed by atoms with Crippen LogP contribution in [0.15, 0.2) is 53.0 Å². The minimum Gasteiger partial charge on any atom is -0.338 e. The molecule has 0 saturated heterocycles. The Hall–Kier alpha value is -2.14. The van der Waals surface area contributed by atoms with Gasteiger partial charge >= 0.3 is 0 Å². The molecule has 25 heavy (non-hydrogen) atoms. The van der Waals surface area contributed by atoms with Gasteiger partial charge in [-0.05, 0) is 52.0 Å². The van der Waals surface area contributed by atoms with E-state index in [1.54, 1.807) is 0 Å². The minimum absolute atomic E-state index is 0.0670. The summed E-state index contributed by atoms with van der Waals surface area (Å²) in [5.74, 6) is -0.339. The molecule has 5 heteroatoms. The number of rotatable bonds is 3. The number of nitrogens with zero attached hydrogens (tertiary/aromatic N) is 1. The van der Waals surface area contributed by atoms with Crippen molar-refractivity contribution in [2.45, 2.75) is 19.4 Å². The Morgan fingerprint density at radius 1 is 1.00 bits per heavy atom. The number of halogens is 1. The summed E-state index contributed by atoms with van der Waals surface area (Å²) in [5, 5.41) is 2.92. The average Bonchev–Trinajstić information content (AvgIpc) is 3.43. The summed E-state index contributed by atoms with van der Waals surface area (Å²) in [6.45, 7) is 1.40. The third-order valence-electron chi connectivity index (χ3n) is 5.02. The molecular formula is C20H19BrN2O2. The Bertz CT molecular complexity index is 836. The van der Waals surface area contributed by atoms with Crippen molar-refractivity contribution in [3.63, 3.8) is 0 Å². The molecule has 2 aromatic rings. The summed E-state index contributed by atoms with van der Waals surface area (Å²) in [6, 6.07) is 15.8. The van der Waals surface area contributed by atoms with Crippen LogP contribution in [-0.2, 0) is 22.6 Å². The SMILES string of the molecule is O=C(Nc1ccccc1Br)C1CC1C(=O)N1CCc2ccccc2C1. The van der Waals surface area contributed by atoms with Gasteiger partial charge in [0.25, 0.3) is 0 Å². The molecule has 2 aromatic carbocycles. The highest BCUT2D eigenvalue weighted by atomic mass is 79.9. The first-order chi connectivity index (χ1) is 12.1. The zero-order chi connectivity index (χ0) is 17.4. The van der Waals surface area contributed by atoms with Crippen molar-refractivity contribution >= 4 is 33.4 Å². The van der Waals surface area contributed by atoms with Crippen LogP contribution in [0.25, 0.3) is 0 Å². The maximum Gasteiger partial charge on any atom is 0.228 e. The topological polar surface area (TPSA) is 49.4 Å². The third-order valence-corrected chi connectivity index (χ3v) is 5.71. The molecular weight excluding hydrogens is 380 g/mol. The number of carbonyl (C=O) groups excluding carboxylic acids is 2. The second-order valence-electron chi connectivity index (χ2n) is 6.70. The molecule has 2 amide bonds. The summed E-state index contributed by atoms with van der Waals surface area (Å²) in [7, 11) is 0. The predicted octanol–water partition coefficient (Wildman–Crippen LogP) is 3.61. The Kier molecular flexibility index (Phi) is 4.34. The lowest BCUT2D eigenvalue weighted by atomic mass is 9.99. The van der Waals surface area contributed by atoms with Crippen molar-refractivity contribution < 1.29 is 9.59 Å². The summed E-state index contributed by atoms with van der Waals surface area (Å²) >= 11 is 3.43. The van der Waals surface area contributed by atoms with Gasteiger partial charge in [0.05, 0.1) is 17.5 Å². The van der Waals surface area contributed by atoms with E-state index in [0.29, 0.717) is 13.0 Å². The van der Waals surface area contributed by atoms with Crippen LogP contribution >= 0.6 is 15.9 Å². The fraction of sp³-hybridized carbons (Fsp3) is 0.300. The molecule has 1 saturated carbocycles. The number of fused-ring (bicyclic) bond motifs is 1. The van der Waals surface area contributed by atoms with Crippen molar-refractivity contribution in [3.05, 3.63) is 64.1 Å². The lowest BCUT2D eigenvalue weighted by Gasteiger charge is -2.29. The van der Waals surface area contributed by atoms with Crippen LogP contribution in [0.4, 0.5) is 5.69 Å². The largest absolute Gasteiger partial charge is 0.338 e. The first-order valence-corrected chi connectivity index (χ1v) is 9.34. The number of hydrogen-bond acceptors (Lipinski definition) is 2. The van der Waals surface area contributed by atoms with Crippen LogP contribution < -0.4 is 5.32 Å². The van der Waals surface area contributed by atoms with E-state index < -0.39 is 0 Å². The van der Waals surface area contributed by atoms with Crippen molar-refractivity contribution in [2.75, 3.05) is 11.9 Å². The maximum atomic E-state index is 12.7. The first-order valence-electron chi connectivity index (χ1n) is 8.54. The lowest BCUT2D eigenvalue weighted by Crippen LogP contribution is -2.37. The Labute approximate surface area is 155 Å². The Morgan fingerprint density at radius 3 is 2.52 bits per heavy atom. The summed E-state index contributed by atoms with van der Waals surface area (Å²) in [4.78, 5) is 27.1. The summed E-state index contributed by atoms with van der Waals surface area (Å²) < 4.78 is 0.847. The number of amides is 2. The highest BCUT2D eigenvalue weighted by Crippen LogP contribution is 2.42. The smallest absolute Gasteiger partial charge is 0.228 e. The molecule has 1 aliphatic heterocycles. The number of carbonyl (C=O) groups is 2. The molecule has 128 valence electrons. The molecule has 1 N–H and O–H groups in total. The lowest BCUT2D eigenvalue weighted by molar-refractivity contribution is -0.135. The van der Waals surface area contributed by atoms with Crippen molar-refractivity contribution in [1.82, 2.24) is 4.90 Å². The second kappa shape index (κ2) is 6.64. The molecule has 0 bridgehead atoms. The second-order valence-corrected chi connectivity index (χ2v) is 7.55. The maximum absolute atomic E-state index is 12.7. The summed E-state index contributed by atoms with van der Waals surface area (Å²) in [5.41, 5.74) is 3.29. The Balaban J connectivity index is 1.37. The molecule has 1 fully saturated rings. The minimum atomic E-state index is -0.211. The number of nitrogens with one attached hydrogen (secondary N) is 1. The summed E-state index contributed by atoms with van der Waals surface area (Å²) in [6.07, 6.45) is 1.54.